The van der Waals surface area contributed by atoms with Crippen molar-refractivity contribution in [3.63, 3.8) is 0 Å². The van der Waals surface area contributed by atoms with E-state index in [1.807, 2.05) is 6.08 Å². The van der Waals surface area contributed by atoms with E-state index in [2.05, 4.69) is 293 Å². The predicted molar refractivity (Wildman–Crippen MR) is 314 cm³/mol. The van der Waals surface area contributed by atoms with Gasteiger partial charge in [0.1, 0.15) is 11.5 Å². The summed E-state index contributed by atoms with van der Waals surface area (Å²) in [5.41, 5.74) is 24.2. The molecule has 3 heteroatoms. The maximum Gasteiger partial charge on any atom is 0.137 e. The van der Waals surface area contributed by atoms with Crippen molar-refractivity contribution in [1.82, 2.24) is 0 Å². The smallest absolute Gasteiger partial charge is 0.137 e. The third-order valence-electron chi connectivity index (χ3n) is 15.9. The fourth-order valence-electron chi connectivity index (χ4n) is 12.0. The zero-order chi connectivity index (χ0) is 50.8. The van der Waals surface area contributed by atoms with Crippen molar-refractivity contribution in [3.8, 4) is 61.4 Å². The monoisotopic (exact) mass is 964 g/mol. The number of ether oxygens (including phenoxy) is 1. The molecule has 75 heavy (non-hydrogen) atoms. The Balaban J connectivity index is 0.919. The molecule has 1 heterocycles. The summed E-state index contributed by atoms with van der Waals surface area (Å²) in [6.07, 6.45) is 6.15. The first-order chi connectivity index (χ1) is 36.7. The van der Waals surface area contributed by atoms with Crippen molar-refractivity contribution >= 4 is 34.2 Å². The van der Waals surface area contributed by atoms with Gasteiger partial charge in [-0.3, -0.25) is 0 Å². The highest BCUT2D eigenvalue weighted by Gasteiger charge is 2.37. The van der Waals surface area contributed by atoms with Crippen molar-refractivity contribution in [3.05, 3.63) is 295 Å². The van der Waals surface area contributed by atoms with Gasteiger partial charge in [0, 0.05) is 62.2 Å². The van der Waals surface area contributed by atoms with Gasteiger partial charge in [-0.25, -0.2) is 0 Å². The number of hydrogen-bond donors (Lipinski definition) is 0. The van der Waals surface area contributed by atoms with E-state index in [4.69, 9.17) is 4.74 Å². The first kappa shape index (κ1) is 45.7. The van der Waals surface area contributed by atoms with Crippen LogP contribution in [-0.2, 0) is 10.8 Å². The van der Waals surface area contributed by atoms with Crippen LogP contribution in [0.15, 0.2) is 267 Å². The zero-order valence-corrected chi connectivity index (χ0v) is 42.8. The van der Waals surface area contributed by atoms with Gasteiger partial charge in [0.05, 0.1) is 0 Å². The highest BCUT2D eigenvalue weighted by Crippen LogP contribution is 2.53. The lowest BCUT2D eigenvalue weighted by Crippen LogP contribution is -2.19. The van der Waals surface area contributed by atoms with E-state index in [9.17, 15) is 0 Å². The van der Waals surface area contributed by atoms with Crippen LogP contribution in [0.3, 0.4) is 0 Å². The molecule has 0 atom stereocenters. The summed E-state index contributed by atoms with van der Waals surface area (Å²) in [4.78, 5) is 4.73. The second kappa shape index (κ2) is 18.1. The Labute approximate surface area is 441 Å². The van der Waals surface area contributed by atoms with Crippen molar-refractivity contribution in [1.29, 1.82) is 0 Å². The topological polar surface area (TPSA) is 15.7 Å². The summed E-state index contributed by atoms with van der Waals surface area (Å²) in [5, 5.41) is 0. The van der Waals surface area contributed by atoms with E-state index < -0.39 is 0 Å². The number of hydrogen-bond acceptors (Lipinski definition) is 3. The molecule has 0 radical (unpaired) electrons. The Morgan fingerprint density at radius 1 is 0.373 bits per heavy atom. The molecule has 0 bridgehead atoms. The van der Waals surface area contributed by atoms with E-state index in [-0.39, 0.29) is 10.8 Å². The van der Waals surface area contributed by atoms with Crippen molar-refractivity contribution in [2.24, 2.45) is 0 Å². The molecule has 0 N–H and O–H groups in total. The molecule has 1 aliphatic heterocycles. The summed E-state index contributed by atoms with van der Waals surface area (Å²) >= 11 is 0. The molecule has 0 fully saturated rings. The van der Waals surface area contributed by atoms with Crippen molar-refractivity contribution in [2.75, 3.05) is 9.80 Å². The van der Waals surface area contributed by atoms with Gasteiger partial charge < -0.3 is 14.5 Å². The molecule has 0 aromatic heterocycles. The third kappa shape index (κ3) is 7.74. The number of nitrogens with zero attached hydrogens (tertiary/aromatic N) is 2. The van der Waals surface area contributed by atoms with E-state index >= 15 is 0 Å². The fourth-order valence-corrected chi connectivity index (χ4v) is 12.0. The molecule has 3 aliphatic rings. The molecule has 0 unspecified atom stereocenters. The van der Waals surface area contributed by atoms with Crippen LogP contribution in [0.25, 0.3) is 61.4 Å². The minimum Gasteiger partial charge on any atom is -0.456 e. The molecule has 360 valence electrons. The Morgan fingerprint density at radius 2 is 0.800 bits per heavy atom. The van der Waals surface area contributed by atoms with E-state index in [0.29, 0.717) is 0 Å². The largest absolute Gasteiger partial charge is 0.456 e. The minimum atomic E-state index is -0.177. The van der Waals surface area contributed by atoms with Crippen molar-refractivity contribution in [2.45, 2.75) is 38.5 Å². The highest BCUT2D eigenvalue weighted by molar-refractivity contribution is 5.93. The summed E-state index contributed by atoms with van der Waals surface area (Å²) in [6, 6.07) is 85.9. The molecule has 10 aromatic carbocycles. The molecular formula is C72H56N2O. The second-order valence-corrected chi connectivity index (χ2v) is 21.0. The average Bonchev–Trinajstić information content (AvgIpc) is 3.92. The van der Waals surface area contributed by atoms with Crippen LogP contribution in [0.5, 0.6) is 5.75 Å². The molecule has 3 nitrogen and oxygen atoms in total. The fraction of sp³-hybridized carbons (Fsp3) is 0.0833. The molecule has 0 saturated carbocycles. The summed E-state index contributed by atoms with van der Waals surface area (Å²) in [7, 11) is 0. The number of anilines is 5. The first-order valence-electron chi connectivity index (χ1n) is 26.0. The van der Waals surface area contributed by atoms with E-state index in [1.165, 1.54) is 61.2 Å². The highest BCUT2D eigenvalue weighted by atomic mass is 16.5. The van der Waals surface area contributed by atoms with Crippen LogP contribution in [0.4, 0.5) is 28.4 Å². The third-order valence-corrected chi connectivity index (χ3v) is 15.9. The van der Waals surface area contributed by atoms with E-state index in [0.717, 1.165) is 67.9 Å². The summed E-state index contributed by atoms with van der Waals surface area (Å²) in [6.45, 7) is 13.6. The van der Waals surface area contributed by atoms with Crippen LogP contribution in [-0.4, -0.2) is 0 Å². The Bertz CT molecular complexity index is 3920. The average molecular weight is 965 g/mol. The number of allylic oxidation sites excluding steroid dienone is 3. The van der Waals surface area contributed by atoms with Crippen molar-refractivity contribution < 1.29 is 4.74 Å². The molecule has 0 amide bonds. The summed E-state index contributed by atoms with van der Waals surface area (Å²) in [5.74, 6) is 1.55. The number of fused-ring (bicyclic) bond motifs is 9. The first-order valence-corrected chi connectivity index (χ1v) is 26.0. The summed E-state index contributed by atoms with van der Waals surface area (Å²) < 4.78 is 7.16. The molecule has 0 saturated heterocycles. The standard InChI is InChI=1S/C72H56N2O/c1-6-19-54(73(52-34-30-50(31-35-52)48-20-9-7-10-21-48)56-38-41-61-59-25-15-17-28-65(59)71(2,3)67(61)45-56)47-70-63-27-14-13-24-58(63)64-44-55(40-43-69(64)75-70)74(53-36-32-51(33-37-53)49-22-11-8-12-23-49)57-39-42-62-60-26-16-18-29-66(60)72(4,5)68(62)46-57/h6-47H,1H2,2-5H3/b54-19+,70-47-. The van der Waals surface area contributed by atoms with Gasteiger partial charge in [0.2, 0.25) is 0 Å². The molecule has 13 rings (SSSR count). The molecule has 0 spiro atoms. The van der Waals surface area contributed by atoms with Crippen LogP contribution in [0.2, 0.25) is 0 Å². The number of rotatable bonds is 10. The predicted octanol–water partition coefficient (Wildman–Crippen LogP) is 19.4. The van der Waals surface area contributed by atoms with Gasteiger partial charge in [-0.1, -0.05) is 210 Å². The van der Waals surface area contributed by atoms with E-state index in [1.54, 1.807) is 0 Å². The van der Waals surface area contributed by atoms with Gasteiger partial charge in [-0.15, -0.1) is 0 Å². The quantitative estimate of drug-likeness (QED) is 0.127. The maximum absolute atomic E-state index is 7.16. The second-order valence-electron chi connectivity index (χ2n) is 21.0. The van der Waals surface area contributed by atoms with Gasteiger partial charge in [0.25, 0.3) is 0 Å². The molecule has 10 aromatic rings. The SMILES string of the molecule is C=C/C=C(\C=C1/Oc2ccc(N(c3ccc(-c4ccccc4)cc3)c3ccc4c(c3)C(C)(C)c3ccccc3-4)cc2-c2ccccc21)N(c1ccc(-c2ccccc2)cc1)c1ccc2c(c1)C(C)(C)c1ccccc1-2. The van der Waals surface area contributed by atoms with Gasteiger partial charge in [0.15, 0.2) is 0 Å². The molecule has 2 aliphatic carbocycles. The Morgan fingerprint density at radius 3 is 1.37 bits per heavy atom. The lowest BCUT2D eigenvalue weighted by Gasteiger charge is -2.31. The van der Waals surface area contributed by atoms with Gasteiger partial charge >= 0.3 is 0 Å². The lowest BCUT2D eigenvalue weighted by molar-refractivity contribution is 0.511. The molecular weight excluding hydrogens is 909 g/mol. The van der Waals surface area contributed by atoms with Crippen LogP contribution < -0.4 is 14.5 Å². The van der Waals surface area contributed by atoms with Crippen LogP contribution in [0.1, 0.15) is 55.5 Å². The Kier molecular flexibility index (Phi) is 11.0. The van der Waals surface area contributed by atoms with Gasteiger partial charge in [-0.05, 0) is 145 Å². The Hall–Kier alpha value is -9.18. The number of benzene rings is 10. The van der Waals surface area contributed by atoms with Crippen LogP contribution in [0, 0.1) is 0 Å². The van der Waals surface area contributed by atoms with Crippen LogP contribution >= 0.6 is 0 Å². The maximum atomic E-state index is 7.16. The van der Waals surface area contributed by atoms with Gasteiger partial charge in [-0.2, -0.15) is 0 Å². The normalized spacial score (nSPS) is 14.6. The lowest BCUT2D eigenvalue weighted by atomic mass is 9.82. The zero-order valence-electron chi connectivity index (χ0n) is 42.8. The minimum absolute atomic E-state index is 0.154.